The zero-order valence-electron chi connectivity index (χ0n) is 12.3. The third kappa shape index (κ3) is 2.38. The quantitative estimate of drug-likeness (QED) is 0.800. The van der Waals surface area contributed by atoms with Crippen LogP contribution in [0.1, 0.15) is 38.0 Å². The van der Waals surface area contributed by atoms with Crippen LogP contribution in [0.2, 0.25) is 0 Å². The molecule has 2 nitrogen and oxygen atoms in total. The summed E-state index contributed by atoms with van der Waals surface area (Å²) >= 11 is 0. The van der Waals surface area contributed by atoms with Crippen molar-refractivity contribution < 1.29 is 9.21 Å². The SMILES string of the molecule is CC/C(=C1\CC(=O)C(C)=C1c1ccco1)c1ccccc1. The summed E-state index contributed by atoms with van der Waals surface area (Å²) in [7, 11) is 0. The highest BCUT2D eigenvalue weighted by Crippen LogP contribution is 2.41. The average Bonchev–Trinajstić information content (AvgIpc) is 3.11. The van der Waals surface area contributed by atoms with Crippen LogP contribution in [0.4, 0.5) is 0 Å². The smallest absolute Gasteiger partial charge is 0.163 e. The number of ketones is 1. The van der Waals surface area contributed by atoms with E-state index >= 15 is 0 Å². The van der Waals surface area contributed by atoms with E-state index in [9.17, 15) is 4.79 Å². The lowest BCUT2D eigenvalue weighted by Gasteiger charge is -2.12. The number of benzene rings is 1. The summed E-state index contributed by atoms with van der Waals surface area (Å²) in [4.78, 5) is 12.2. The van der Waals surface area contributed by atoms with Gasteiger partial charge in [0.05, 0.1) is 6.26 Å². The number of Topliss-reactive ketones (excluding diaryl/α,β-unsaturated/α-hetero) is 1. The molecule has 0 aliphatic heterocycles. The molecule has 0 saturated carbocycles. The number of carbonyl (C=O) groups is 1. The molecule has 21 heavy (non-hydrogen) atoms. The van der Waals surface area contributed by atoms with E-state index in [1.807, 2.05) is 37.3 Å². The summed E-state index contributed by atoms with van der Waals surface area (Å²) in [6.45, 7) is 4.03. The fourth-order valence-corrected chi connectivity index (χ4v) is 2.99. The normalized spacial score (nSPS) is 17.5. The lowest BCUT2D eigenvalue weighted by molar-refractivity contribution is -0.114. The van der Waals surface area contributed by atoms with E-state index in [2.05, 4.69) is 19.1 Å². The van der Waals surface area contributed by atoms with Crippen LogP contribution in [0.3, 0.4) is 0 Å². The number of carbonyl (C=O) groups excluding carboxylic acids is 1. The van der Waals surface area contributed by atoms with Crippen LogP contribution in [-0.2, 0) is 4.79 Å². The van der Waals surface area contributed by atoms with Crippen molar-refractivity contribution in [1.29, 1.82) is 0 Å². The molecular weight excluding hydrogens is 260 g/mol. The fraction of sp³-hybridized carbons (Fsp3) is 0.211. The molecular formula is C19H18O2. The maximum absolute atomic E-state index is 12.2. The second kappa shape index (κ2) is 5.57. The van der Waals surface area contributed by atoms with E-state index in [1.165, 1.54) is 11.1 Å². The maximum atomic E-state index is 12.2. The molecule has 0 bridgehead atoms. The maximum Gasteiger partial charge on any atom is 0.163 e. The van der Waals surface area contributed by atoms with Gasteiger partial charge in [-0.3, -0.25) is 4.79 Å². The number of hydrogen-bond donors (Lipinski definition) is 0. The molecule has 1 heterocycles. The van der Waals surface area contributed by atoms with E-state index in [4.69, 9.17) is 4.42 Å². The summed E-state index contributed by atoms with van der Waals surface area (Å²) in [5.74, 6) is 0.980. The van der Waals surface area contributed by atoms with Crippen LogP contribution < -0.4 is 0 Å². The zero-order chi connectivity index (χ0) is 14.8. The van der Waals surface area contributed by atoms with Gasteiger partial charge in [-0.2, -0.15) is 0 Å². The van der Waals surface area contributed by atoms with Crippen LogP contribution in [0, 0.1) is 0 Å². The Balaban J connectivity index is 2.20. The van der Waals surface area contributed by atoms with Crippen molar-refractivity contribution in [1.82, 2.24) is 0 Å². The Labute approximate surface area is 124 Å². The highest BCUT2D eigenvalue weighted by molar-refractivity contribution is 6.15. The van der Waals surface area contributed by atoms with E-state index in [0.717, 1.165) is 28.9 Å². The lowest BCUT2D eigenvalue weighted by atomic mass is 9.92. The van der Waals surface area contributed by atoms with Crippen molar-refractivity contribution in [2.24, 2.45) is 0 Å². The molecule has 1 aliphatic carbocycles. The molecule has 0 unspecified atom stereocenters. The number of rotatable bonds is 3. The Morgan fingerprint density at radius 2 is 1.90 bits per heavy atom. The first kappa shape index (κ1) is 13.6. The highest BCUT2D eigenvalue weighted by Gasteiger charge is 2.29. The fourth-order valence-electron chi connectivity index (χ4n) is 2.99. The molecule has 0 amide bonds. The molecule has 0 spiro atoms. The largest absolute Gasteiger partial charge is 0.464 e. The molecule has 0 atom stereocenters. The third-order valence-corrected chi connectivity index (χ3v) is 4.04. The predicted octanol–water partition coefficient (Wildman–Crippen LogP) is 4.89. The Kier molecular flexibility index (Phi) is 3.61. The molecule has 1 aliphatic rings. The first-order valence-electron chi connectivity index (χ1n) is 7.28. The minimum atomic E-state index is 0.193. The molecule has 0 saturated heterocycles. The first-order valence-corrected chi connectivity index (χ1v) is 7.28. The first-order chi connectivity index (χ1) is 10.2. The predicted molar refractivity (Wildman–Crippen MR) is 84.6 cm³/mol. The Morgan fingerprint density at radius 3 is 2.52 bits per heavy atom. The second-order valence-corrected chi connectivity index (χ2v) is 5.25. The summed E-state index contributed by atoms with van der Waals surface area (Å²) in [6.07, 6.45) is 3.02. The van der Waals surface area contributed by atoms with Crippen LogP contribution in [0.25, 0.3) is 11.1 Å². The highest BCUT2D eigenvalue weighted by atomic mass is 16.3. The summed E-state index contributed by atoms with van der Waals surface area (Å²) in [5, 5.41) is 0. The van der Waals surface area contributed by atoms with E-state index in [-0.39, 0.29) is 5.78 Å². The van der Waals surface area contributed by atoms with Crippen LogP contribution in [-0.4, -0.2) is 5.78 Å². The van der Waals surface area contributed by atoms with Crippen LogP contribution in [0.15, 0.2) is 64.3 Å². The molecule has 1 aromatic carbocycles. The molecule has 2 heteroatoms. The molecule has 3 rings (SSSR count). The second-order valence-electron chi connectivity index (χ2n) is 5.25. The minimum Gasteiger partial charge on any atom is -0.464 e. The van der Waals surface area contributed by atoms with Crippen molar-refractivity contribution in [3.05, 3.63) is 71.2 Å². The third-order valence-electron chi connectivity index (χ3n) is 4.04. The van der Waals surface area contributed by atoms with E-state index < -0.39 is 0 Å². The van der Waals surface area contributed by atoms with E-state index in [1.54, 1.807) is 6.26 Å². The van der Waals surface area contributed by atoms with Crippen LogP contribution in [0.5, 0.6) is 0 Å². The molecule has 0 radical (unpaired) electrons. The van der Waals surface area contributed by atoms with Gasteiger partial charge in [0.15, 0.2) is 5.78 Å². The van der Waals surface area contributed by atoms with Gasteiger partial charge < -0.3 is 4.42 Å². The molecule has 106 valence electrons. The molecule has 0 fully saturated rings. The van der Waals surface area contributed by atoms with Crippen molar-refractivity contribution in [3.63, 3.8) is 0 Å². The average molecular weight is 278 g/mol. The van der Waals surface area contributed by atoms with Gasteiger partial charge in [-0.15, -0.1) is 0 Å². The van der Waals surface area contributed by atoms with Gasteiger partial charge >= 0.3 is 0 Å². The van der Waals surface area contributed by atoms with E-state index in [0.29, 0.717) is 6.42 Å². The van der Waals surface area contributed by atoms with Gasteiger partial charge in [-0.05, 0) is 42.2 Å². The van der Waals surface area contributed by atoms with Crippen LogP contribution >= 0.6 is 0 Å². The van der Waals surface area contributed by atoms with Crippen molar-refractivity contribution in [2.45, 2.75) is 26.7 Å². The summed E-state index contributed by atoms with van der Waals surface area (Å²) in [5.41, 5.74) is 5.31. The standard InChI is InChI=1S/C19H18O2/c1-3-15(14-8-5-4-6-9-14)16-12-17(20)13(2)19(16)18-10-7-11-21-18/h4-11H,3,12H2,1-2H3/b16-15-. The zero-order valence-corrected chi connectivity index (χ0v) is 12.3. The Hall–Kier alpha value is -2.35. The monoisotopic (exact) mass is 278 g/mol. The Bertz CT molecular complexity index is 716. The molecule has 0 N–H and O–H groups in total. The molecule has 2 aromatic rings. The van der Waals surface area contributed by atoms with Gasteiger partial charge in [0.1, 0.15) is 5.76 Å². The van der Waals surface area contributed by atoms with Crippen molar-refractivity contribution in [3.8, 4) is 0 Å². The minimum absolute atomic E-state index is 0.193. The number of hydrogen-bond acceptors (Lipinski definition) is 2. The topological polar surface area (TPSA) is 30.2 Å². The summed E-state index contributed by atoms with van der Waals surface area (Å²) < 4.78 is 5.55. The number of furan rings is 1. The number of allylic oxidation sites excluding steroid dienone is 4. The van der Waals surface area contributed by atoms with Gasteiger partial charge in [0.2, 0.25) is 0 Å². The lowest BCUT2D eigenvalue weighted by Crippen LogP contribution is -1.93. The van der Waals surface area contributed by atoms with Gasteiger partial charge in [-0.25, -0.2) is 0 Å². The van der Waals surface area contributed by atoms with Gasteiger partial charge in [0.25, 0.3) is 0 Å². The Morgan fingerprint density at radius 1 is 1.14 bits per heavy atom. The van der Waals surface area contributed by atoms with Gasteiger partial charge in [0, 0.05) is 17.6 Å². The molecule has 1 aromatic heterocycles. The van der Waals surface area contributed by atoms with Crippen molar-refractivity contribution >= 4 is 16.9 Å². The van der Waals surface area contributed by atoms with Gasteiger partial charge in [-0.1, -0.05) is 37.3 Å². The van der Waals surface area contributed by atoms with Crippen molar-refractivity contribution in [2.75, 3.05) is 0 Å². The summed E-state index contributed by atoms with van der Waals surface area (Å²) in [6, 6.07) is 14.1.